The van der Waals surface area contributed by atoms with Gasteiger partial charge in [-0.2, -0.15) is 5.26 Å². The molecular weight excluding hydrogens is 304 g/mol. The van der Waals surface area contributed by atoms with Crippen molar-refractivity contribution in [2.45, 2.75) is 26.3 Å². The van der Waals surface area contributed by atoms with Crippen LogP contribution in [0.1, 0.15) is 39.3 Å². The van der Waals surface area contributed by atoms with E-state index in [1.165, 1.54) is 19.3 Å². The number of phenolic OH excluding ortho intramolecular Hbond substituents is 1. The second-order valence-corrected chi connectivity index (χ2v) is 5.78. The van der Waals surface area contributed by atoms with Gasteiger partial charge in [0, 0.05) is 17.9 Å². The Balaban J connectivity index is 1.91. The largest absolute Gasteiger partial charge is 0.504 e. The number of nitriles is 1. The summed E-state index contributed by atoms with van der Waals surface area (Å²) in [6, 6.07) is 7.10. The number of ether oxygens (including phenoxy) is 1. The zero-order valence-corrected chi connectivity index (χ0v) is 13.7. The number of aromatic nitrogens is 1. The maximum Gasteiger partial charge on any atom is 0.189 e. The van der Waals surface area contributed by atoms with Gasteiger partial charge in [-0.15, -0.1) is 0 Å². The highest BCUT2D eigenvalue weighted by molar-refractivity contribution is 6.09. The second-order valence-electron chi connectivity index (χ2n) is 5.78. The summed E-state index contributed by atoms with van der Waals surface area (Å²) < 4.78 is 7.06. The highest BCUT2D eigenvalue weighted by Crippen LogP contribution is 2.30. The van der Waals surface area contributed by atoms with Gasteiger partial charge in [0.2, 0.25) is 0 Å². The minimum atomic E-state index is -0.193. The molecular formula is C19H18N2O3. The van der Waals surface area contributed by atoms with Crippen molar-refractivity contribution in [2.24, 2.45) is 0 Å². The van der Waals surface area contributed by atoms with Crippen LogP contribution < -0.4 is 4.74 Å². The Kier molecular flexibility index (Phi) is 4.13. The third kappa shape index (κ3) is 2.56. The van der Waals surface area contributed by atoms with Crippen molar-refractivity contribution in [3.63, 3.8) is 0 Å². The predicted octanol–water partition coefficient (Wildman–Crippen LogP) is 3.22. The quantitative estimate of drug-likeness (QED) is 0.692. The van der Waals surface area contributed by atoms with Gasteiger partial charge in [0.05, 0.1) is 18.2 Å². The molecule has 1 aromatic heterocycles. The lowest BCUT2D eigenvalue weighted by Gasteiger charge is -2.03. The number of carbonyl (C=O) groups excluding carboxylic acids is 1. The average molecular weight is 322 g/mol. The molecule has 0 saturated carbocycles. The zero-order chi connectivity index (χ0) is 17.3. The molecule has 0 unspecified atom stereocenters. The minimum absolute atomic E-state index is 0.0174. The molecule has 0 amide bonds. The molecule has 24 heavy (non-hydrogen) atoms. The van der Waals surface area contributed by atoms with Gasteiger partial charge in [0.1, 0.15) is 6.07 Å². The van der Waals surface area contributed by atoms with E-state index in [1.54, 1.807) is 18.2 Å². The normalized spacial score (nSPS) is 13.0. The first-order valence-corrected chi connectivity index (χ1v) is 7.78. The van der Waals surface area contributed by atoms with Crippen molar-refractivity contribution in [1.82, 2.24) is 4.57 Å². The van der Waals surface area contributed by atoms with Crippen LogP contribution in [0.2, 0.25) is 0 Å². The molecule has 122 valence electrons. The predicted molar refractivity (Wildman–Crippen MR) is 90.2 cm³/mol. The molecule has 0 fully saturated rings. The van der Waals surface area contributed by atoms with Gasteiger partial charge in [0.15, 0.2) is 17.3 Å². The fourth-order valence-corrected chi connectivity index (χ4v) is 3.25. The van der Waals surface area contributed by atoms with Gasteiger partial charge in [0.25, 0.3) is 0 Å². The van der Waals surface area contributed by atoms with Crippen LogP contribution in [0.4, 0.5) is 0 Å². The number of allylic oxidation sites excluding steroid dienone is 1. The van der Waals surface area contributed by atoms with E-state index >= 15 is 0 Å². The molecule has 1 aromatic carbocycles. The van der Waals surface area contributed by atoms with Gasteiger partial charge >= 0.3 is 0 Å². The fourth-order valence-electron chi connectivity index (χ4n) is 3.25. The first kappa shape index (κ1) is 15.9. The van der Waals surface area contributed by atoms with E-state index in [4.69, 9.17) is 4.74 Å². The number of fused-ring (bicyclic) bond motifs is 1. The van der Waals surface area contributed by atoms with Crippen molar-refractivity contribution >= 4 is 11.9 Å². The molecule has 0 bridgehead atoms. The van der Waals surface area contributed by atoms with Crippen LogP contribution in [0, 0.1) is 18.3 Å². The number of aromatic hydroxyl groups is 1. The van der Waals surface area contributed by atoms with E-state index in [9.17, 15) is 15.2 Å². The Hall–Kier alpha value is -3.00. The molecule has 5 nitrogen and oxygen atoms in total. The van der Waals surface area contributed by atoms with Crippen LogP contribution in [0.3, 0.4) is 0 Å². The lowest BCUT2D eigenvalue weighted by molar-refractivity contribution is 0.104. The molecule has 1 aliphatic heterocycles. The van der Waals surface area contributed by atoms with E-state index in [-0.39, 0.29) is 11.5 Å². The van der Waals surface area contributed by atoms with Gasteiger partial charge in [-0.3, -0.25) is 4.79 Å². The third-order valence-electron chi connectivity index (χ3n) is 4.41. The minimum Gasteiger partial charge on any atom is -0.504 e. The summed E-state index contributed by atoms with van der Waals surface area (Å²) in [5.74, 6) is 0.204. The van der Waals surface area contributed by atoms with Crippen LogP contribution in [0.25, 0.3) is 6.08 Å². The highest BCUT2D eigenvalue weighted by atomic mass is 16.5. The van der Waals surface area contributed by atoms with E-state index in [0.29, 0.717) is 22.4 Å². The molecule has 0 radical (unpaired) electrons. The molecule has 0 aliphatic carbocycles. The number of carbonyl (C=O) groups is 1. The molecule has 3 rings (SSSR count). The van der Waals surface area contributed by atoms with Gasteiger partial charge in [-0.05, 0) is 43.5 Å². The lowest BCUT2D eigenvalue weighted by Crippen LogP contribution is -2.01. The van der Waals surface area contributed by atoms with E-state index in [2.05, 4.69) is 10.6 Å². The molecule has 0 spiro atoms. The molecule has 5 heteroatoms. The summed E-state index contributed by atoms with van der Waals surface area (Å²) >= 11 is 0. The summed E-state index contributed by atoms with van der Waals surface area (Å²) in [7, 11) is 1.48. The fraction of sp³-hybridized carbons (Fsp3) is 0.263. The topological polar surface area (TPSA) is 75.2 Å². The summed E-state index contributed by atoms with van der Waals surface area (Å²) in [4.78, 5) is 12.6. The van der Waals surface area contributed by atoms with Crippen molar-refractivity contribution in [2.75, 3.05) is 7.11 Å². The zero-order valence-electron chi connectivity index (χ0n) is 13.7. The Morgan fingerprint density at radius 3 is 2.92 bits per heavy atom. The summed E-state index contributed by atoms with van der Waals surface area (Å²) in [5, 5.41) is 19.2. The van der Waals surface area contributed by atoms with Crippen LogP contribution in [-0.2, 0) is 13.0 Å². The summed E-state index contributed by atoms with van der Waals surface area (Å²) in [5.41, 5.74) is 3.49. The Labute approximate surface area is 140 Å². The Morgan fingerprint density at radius 2 is 2.25 bits per heavy atom. The number of nitrogens with zero attached hydrogens (tertiary/aromatic N) is 2. The summed E-state index contributed by atoms with van der Waals surface area (Å²) in [6.07, 6.45) is 4.93. The molecule has 2 heterocycles. The number of benzene rings is 1. The van der Waals surface area contributed by atoms with E-state index < -0.39 is 0 Å². The van der Waals surface area contributed by atoms with Gasteiger partial charge < -0.3 is 14.4 Å². The van der Waals surface area contributed by atoms with Gasteiger partial charge in [-0.1, -0.05) is 12.1 Å². The monoisotopic (exact) mass is 322 g/mol. The maximum atomic E-state index is 12.6. The molecule has 2 aromatic rings. The van der Waals surface area contributed by atoms with Crippen molar-refractivity contribution in [1.29, 1.82) is 5.26 Å². The Morgan fingerprint density at radius 1 is 1.46 bits per heavy atom. The molecule has 0 atom stereocenters. The number of hydrogen-bond donors (Lipinski definition) is 1. The number of rotatable bonds is 4. The third-order valence-corrected chi connectivity index (χ3v) is 4.41. The van der Waals surface area contributed by atoms with Crippen LogP contribution in [0.15, 0.2) is 24.3 Å². The standard InChI is InChI=1S/C19H18N2O3/c1-12-19(14(11-20)15-4-3-9-21(12)15)16(22)7-5-13-6-8-18(24-2)17(23)10-13/h5-8,10,23H,3-4,9H2,1-2H3/b7-5-. The van der Waals surface area contributed by atoms with Crippen molar-refractivity contribution < 1.29 is 14.6 Å². The molecule has 0 saturated heterocycles. The van der Waals surface area contributed by atoms with Crippen LogP contribution >= 0.6 is 0 Å². The smallest absolute Gasteiger partial charge is 0.189 e. The van der Waals surface area contributed by atoms with Crippen LogP contribution in [-0.4, -0.2) is 22.6 Å². The maximum absolute atomic E-state index is 12.6. The summed E-state index contributed by atoms with van der Waals surface area (Å²) in [6.45, 7) is 2.75. The molecule has 1 N–H and O–H groups in total. The first-order valence-electron chi connectivity index (χ1n) is 7.78. The van der Waals surface area contributed by atoms with E-state index in [1.807, 2.05) is 6.92 Å². The first-order chi connectivity index (χ1) is 11.6. The Bertz CT molecular complexity index is 885. The number of phenols is 1. The lowest BCUT2D eigenvalue weighted by atomic mass is 10.0. The van der Waals surface area contributed by atoms with E-state index in [0.717, 1.165) is 30.8 Å². The SMILES string of the molecule is COc1ccc(/C=C\C(=O)c2c(C#N)c3n(c2C)CCC3)cc1O. The van der Waals surface area contributed by atoms with Gasteiger partial charge in [-0.25, -0.2) is 0 Å². The van der Waals surface area contributed by atoms with Crippen molar-refractivity contribution in [3.8, 4) is 17.6 Å². The average Bonchev–Trinajstić information content (AvgIpc) is 3.15. The molecule has 1 aliphatic rings. The number of ketones is 1. The highest BCUT2D eigenvalue weighted by Gasteiger charge is 2.26. The van der Waals surface area contributed by atoms with Crippen LogP contribution in [0.5, 0.6) is 11.5 Å². The second kappa shape index (κ2) is 6.25. The number of methoxy groups -OCH3 is 1. The number of hydrogen-bond acceptors (Lipinski definition) is 4. The van der Waals surface area contributed by atoms with Crippen molar-refractivity contribution in [3.05, 3.63) is 52.4 Å².